The number of carbonyl (C=O) groups is 3. The van der Waals surface area contributed by atoms with Crippen molar-refractivity contribution in [2.75, 3.05) is 45.8 Å². The van der Waals surface area contributed by atoms with Crippen LogP contribution in [0.15, 0.2) is 52.3 Å². The quantitative estimate of drug-likeness (QED) is 0.567. The third-order valence-corrected chi connectivity index (χ3v) is 8.76. The molecule has 0 N–H and O–H groups in total. The van der Waals surface area contributed by atoms with Gasteiger partial charge in [0.15, 0.2) is 5.78 Å². The molecule has 3 aliphatic heterocycles. The van der Waals surface area contributed by atoms with Crippen LogP contribution in [0.2, 0.25) is 0 Å². The maximum absolute atomic E-state index is 13.2. The molecular weight excluding hydrogens is 454 g/mol. The molecule has 3 aliphatic rings. The highest BCUT2D eigenvalue weighted by molar-refractivity contribution is 7.91. The van der Waals surface area contributed by atoms with Gasteiger partial charge in [-0.3, -0.25) is 19.3 Å². The molecule has 8 nitrogen and oxygen atoms in total. The average molecular weight is 482 g/mol. The Morgan fingerprint density at radius 1 is 0.765 bits per heavy atom. The lowest BCUT2D eigenvalue weighted by molar-refractivity contribution is -0.133. The van der Waals surface area contributed by atoms with Gasteiger partial charge in [0.1, 0.15) is 0 Å². The maximum Gasteiger partial charge on any atom is 0.253 e. The van der Waals surface area contributed by atoms with Crippen molar-refractivity contribution in [1.29, 1.82) is 0 Å². The minimum absolute atomic E-state index is 0.0240. The van der Waals surface area contributed by atoms with Crippen molar-refractivity contribution in [3.05, 3.63) is 59.2 Å². The van der Waals surface area contributed by atoms with Crippen molar-refractivity contribution in [2.45, 2.75) is 29.1 Å². The number of rotatable bonds is 3. The normalized spacial score (nSPS) is 19.9. The highest BCUT2D eigenvalue weighted by atomic mass is 32.2. The standard InChI is InChI=1S/C25H27N3O5S/c29-23(27-10-4-1-5-11-27)17-26-12-14-28(15-13-26)25(31)18-8-9-20-22(16-18)34(32,33)21-7-3-2-6-19(21)24(20)30/h2-3,6-9,16H,1,4-5,10-15,17H2. The number of nitrogens with zero attached hydrogens (tertiary/aromatic N) is 3. The molecular formula is C25H27N3O5S. The summed E-state index contributed by atoms with van der Waals surface area (Å²) in [4.78, 5) is 44.0. The molecule has 34 heavy (non-hydrogen) atoms. The van der Waals surface area contributed by atoms with Gasteiger partial charge in [0.2, 0.25) is 15.7 Å². The molecule has 0 saturated carbocycles. The fourth-order valence-electron chi connectivity index (χ4n) is 4.94. The summed E-state index contributed by atoms with van der Waals surface area (Å²) in [6.45, 7) is 4.09. The molecule has 0 radical (unpaired) electrons. The number of piperidine rings is 1. The Bertz CT molecular complexity index is 1260. The monoisotopic (exact) mass is 481 g/mol. The zero-order valence-corrected chi connectivity index (χ0v) is 19.7. The summed E-state index contributed by atoms with van der Waals surface area (Å²) in [6, 6.07) is 10.4. The SMILES string of the molecule is O=C1c2ccccc2S(=O)(=O)c2cc(C(=O)N3CCN(CC(=O)N4CCCCC4)CC3)ccc21. The highest BCUT2D eigenvalue weighted by Crippen LogP contribution is 2.35. The first kappa shape index (κ1) is 22.7. The average Bonchev–Trinajstić information content (AvgIpc) is 2.88. The fourth-order valence-corrected chi connectivity index (χ4v) is 6.62. The second-order valence-electron chi connectivity index (χ2n) is 9.05. The number of hydrogen-bond donors (Lipinski definition) is 0. The van der Waals surface area contributed by atoms with Crippen molar-refractivity contribution in [2.24, 2.45) is 0 Å². The molecule has 9 heteroatoms. The van der Waals surface area contributed by atoms with Crippen LogP contribution in [0.5, 0.6) is 0 Å². The smallest absolute Gasteiger partial charge is 0.253 e. The Morgan fingerprint density at radius 3 is 2.18 bits per heavy atom. The molecule has 0 aromatic heterocycles. The summed E-state index contributed by atoms with van der Waals surface area (Å²) in [5.41, 5.74) is 0.493. The lowest BCUT2D eigenvalue weighted by Gasteiger charge is -2.36. The van der Waals surface area contributed by atoms with Crippen molar-refractivity contribution >= 4 is 27.4 Å². The van der Waals surface area contributed by atoms with Crippen molar-refractivity contribution < 1.29 is 22.8 Å². The van der Waals surface area contributed by atoms with Crippen LogP contribution in [-0.4, -0.2) is 86.5 Å². The van der Waals surface area contributed by atoms with E-state index in [0.717, 1.165) is 25.9 Å². The Hall–Kier alpha value is -3.04. The number of ketones is 1. The molecule has 2 amide bonds. The zero-order valence-electron chi connectivity index (χ0n) is 18.9. The predicted molar refractivity (Wildman–Crippen MR) is 125 cm³/mol. The zero-order chi connectivity index (χ0) is 23.9. The lowest BCUT2D eigenvalue weighted by Crippen LogP contribution is -2.52. The molecule has 0 atom stereocenters. The first-order chi connectivity index (χ1) is 16.4. The molecule has 5 rings (SSSR count). The van der Waals surface area contributed by atoms with Crippen molar-refractivity contribution in [3.8, 4) is 0 Å². The molecule has 0 spiro atoms. The molecule has 2 saturated heterocycles. The second-order valence-corrected chi connectivity index (χ2v) is 10.9. The third-order valence-electron chi connectivity index (χ3n) is 6.91. The van der Waals surface area contributed by atoms with Gasteiger partial charge in [-0.2, -0.15) is 0 Å². The van der Waals surface area contributed by atoms with Crippen LogP contribution in [0.3, 0.4) is 0 Å². The second kappa shape index (κ2) is 8.96. The summed E-state index contributed by atoms with van der Waals surface area (Å²) in [5, 5.41) is 0. The summed E-state index contributed by atoms with van der Waals surface area (Å²) in [6.07, 6.45) is 3.29. The summed E-state index contributed by atoms with van der Waals surface area (Å²) >= 11 is 0. The number of amides is 2. The number of benzene rings is 2. The number of likely N-dealkylation sites (tertiary alicyclic amines) is 1. The minimum atomic E-state index is -3.90. The molecule has 178 valence electrons. The number of hydrogen-bond acceptors (Lipinski definition) is 6. The molecule has 0 unspecified atom stereocenters. The molecule has 0 aliphatic carbocycles. The van der Waals surface area contributed by atoms with E-state index in [9.17, 15) is 22.8 Å². The van der Waals surface area contributed by atoms with E-state index >= 15 is 0 Å². The van der Waals surface area contributed by atoms with E-state index in [-0.39, 0.29) is 44.1 Å². The summed E-state index contributed by atoms with van der Waals surface area (Å²) < 4.78 is 26.3. The van der Waals surface area contributed by atoms with Gasteiger partial charge in [0.25, 0.3) is 5.91 Å². The first-order valence-electron chi connectivity index (χ1n) is 11.7. The van der Waals surface area contributed by atoms with Gasteiger partial charge in [-0.25, -0.2) is 8.42 Å². The Balaban J connectivity index is 1.28. The Kier molecular flexibility index (Phi) is 5.99. The lowest BCUT2D eigenvalue weighted by atomic mass is 10.0. The van der Waals surface area contributed by atoms with Crippen molar-refractivity contribution in [1.82, 2.24) is 14.7 Å². The first-order valence-corrected chi connectivity index (χ1v) is 13.2. The fraction of sp³-hybridized carbons (Fsp3) is 0.400. The van der Waals surface area contributed by atoms with E-state index in [1.165, 1.54) is 36.8 Å². The van der Waals surface area contributed by atoms with Gasteiger partial charge < -0.3 is 9.80 Å². The van der Waals surface area contributed by atoms with Crippen LogP contribution in [0.4, 0.5) is 0 Å². The third kappa shape index (κ3) is 4.03. The van der Waals surface area contributed by atoms with Crippen LogP contribution < -0.4 is 0 Å². The number of sulfone groups is 1. The minimum Gasteiger partial charge on any atom is -0.342 e. The van der Waals surface area contributed by atoms with Crippen LogP contribution in [-0.2, 0) is 14.6 Å². The van der Waals surface area contributed by atoms with Crippen LogP contribution in [0.25, 0.3) is 0 Å². The number of fused-ring (bicyclic) bond motifs is 2. The van der Waals surface area contributed by atoms with Crippen LogP contribution in [0, 0.1) is 0 Å². The van der Waals surface area contributed by atoms with Crippen LogP contribution in [0.1, 0.15) is 45.5 Å². The van der Waals surface area contributed by atoms with Crippen LogP contribution >= 0.6 is 0 Å². The van der Waals surface area contributed by atoms with Gasteiger partial charge in [0.05, 0.1) is 16.3 Å². The number of piperazine rings is 1. The summed E-state index contributed by atoms with van der Waals surface area (Å²) in [5.74, 6) is -0.484. The van der Waals surface area contributed by atoms with Gasteiger partial charge in [0, 0.05) is 56.0 Å². The maximum atomic E-state index is 13.2. The topological polar surface area (TPSA) is 95.1 Å². The van der Waals surface area contributed by atoms with E-state index in [1.807, 2.05) is 4.90 Å². The molecule has 3 heterocycles. The van der Waals surface area contributed by atoms with Gasteiger partial charge in [-0.05, 0) is 49.6 Å². The van der Waals surface area contributed by atoms with E-state index < -0.39 is 9.84 Å². The molecule has 2 aromatic rings. The van der Waals surface area contributed by atoms with Gasteiger partial charge in [-0.15, -0.1) is 0 Å². The predicted octanol–water partition coefficient (Wildman–Crippen LogP) is 1.83. The van der Waals surface area contributed by atoms with E-state index in [0.29, 0.717) is 32.7 Å². The number of carbonyl (C=O) groups excluding carboxylic acids is 3. The van der Waals surface area contributed by atoms with E-state index in [4.69, 9.17) is 0 Å². The van der Waals surface area contributed by atoms with E-state index in [2.05, 4.69) is 4.90 Å². The van der Waals surface area contributed by atoms with Crippen molar-refractivity contribution in [3.63, 3.8) is 0 Å². The largest absolute Gasteiger partial charge is 0.342 e. The van der Waals surface area contributed by atoms with E-state index in [1.54, 1.807) is 17.0 Å². The Labute approximate surface area is 199 Å². The van der Waals surface area contributed by atoms with Gasteiger partial charge >= 0.3 is 0 Å². The molecule has 2 fully saturated rings. The highest BCUT2D eigenvalue weighted by Gasteiger charge is 2.35. The summed E-state index contributed by atoms with van der Waals surface area (Å²) in [7, 11) is -3.90. The molecule has 2 aromatic carbocycles. The van der Waals surface area contributed by atoms with Gasteiger partial charge in [-0.1, -0.05) is 12.1 Å². The molecule has 0 bridgehead atoms. The Morgan fingerprint density at radius 2 is 1.44 bits per heavy atom.